The van der Waals surface area contributed by atoms with E-state index in [1.807, 2.05) is 38.1 Å². The number of halogens is 1. The number of benzene rings is 1. The Hall–Kier alpha value is -1.87. The van der Waals surface area contributed by atoms with Gasteiger partial charge in [-0.3, -0.25) is 9.78 Å². The van der Waals surface area contributed by atoms with Gasteiger partial charge in [0.2, 0.25) is 5.91 Å². The van der Waals surface area contributed by atoms with E-state index in [1.54, 1.807) is 12.3 Å². The predicted molar refractivity (Wildman–Crippen MR) is 77.5 cm³/mol. The lowest BCUT2D eigenvalue weighted by Crippen LogP contribution is -2.15. The molecule has 1 amide bonds. The van der Waals surface area contributed by atoms with Crippen molar-refractivity contribution in [1.82, 2.24) is 4.98 Å². The average molecular weight is 275 g/mol. The highest BCUT2D eigenvalue weighted by molar-refractivity contribution is 6.33. The van der Waals surface area contributed by atoms with E-state index in [2.05, 4.69) is 10.3 Å². The number of pyridine rings is 1. The second-order valence-corrected chi connectivity index (χ2v) is 4.87. The number of amides is 1. The molecule has 2 aromatic rings. The number of carbonyl (C=O) groups is 1. The Balaban J connectivity index is 2.07. The number of nitrogens with one attached hydrogen (secondary N) is 1. The van der Waals surface area contributed by atoms with Crippen LogP contribution >= 0.6 is 11.6 Å². The zero-order valence-corrected chi connectivity index (χ0v) is 11.7. The summed E-state index contributed by atoms with van der Waals surface area (Å²) in [6.07, 6.45) is 2.01. The molecule has 1 aromatic heterocycles. The molecule has 0 saturated carbocycles. The van der Waals surface area contributed by atoms with E-state index < -0.39 is 0 Å². The molecule has 2 rings (SSSR count). The number of hydrogen-bond acceptors (Lipinski definition) is 2. The average Bonchev–Trinajstić information content (AvgIpc) is 2.37. The van der Waals surface area contributed by atoms with Gasteiger partial charge >= 0.3 is 0 Å². The molecule has 4 heteroatoms. The summed E-state index contributed by atoms with van der Waals surface area (Å²) >= 11 is 6.07. The van der Waals surface area contributed by atoms with Gasteiger partial charge < -0.3 is 5.32 Å². The Bertz CT molecular complexity index is 573. The van der Waals surface area contributed by atoms with Crippen molar-refractivity contribution in [2.45, 2.75) is 20.3 Å². The van der Waals surface area contributed by atoms with Crippen LogP contribution in [0, 0.1) is 13.8 Å². The quantitative estimate of drug-likeness (QED) is 0.930. The van der Waals surface area contributed by atoms with Gasteiger partial charge in [0.25, 0.3) is 0 Å². The highest BCUT2D eigenvalue weighted by atomic mass is 35.5. The Morgan fingerprint density at radius 2 is 2.05 bits per heavy atom. The van der Waals surface area contributed by atoms with Crippen molar-refractivity contribution in [3.05, 3.63) is 58.4 Å². The van der Waals surface area contributed by atoms with Crippen molar-refractivity contribution in [1.29, 1.82) is 0 Å². The van der Waals surface area contributed by atoms with Crippen molar-refractivity contribution in [3.63, 3.8) is 0 Å². The zero-order chi connectivity index (χ0) is 13.8. The maximum atomic E-state index is 12.0. The number of carbonyl (C=O) groups excluding carboxylic acids is 1. The fraction of sp³-hybridized carbons (Fsp3) is 0.200. The first-order chi connectivity index (χ1) is 9.06. The first-order valence-electron chi connectivity index (χ1n) is 6.03. The minimum Gasteiger partial charge on any atom is -0.324 e. The molecule has 1 heterocycles. The van der Waals surface area contributed by atoms with Gasteiger partial charge in [0.05, 0.1) is 17.1 Å². The molecule has 1 aromatic carbocycles. The molecule has 0 aliphatic carbocycles. The SMILES string of the molecule is Cc1ccc(CC(=O)Nc2c(C)cccc2Cl)cn1. The highest BCUT2D eigenvalue weighted by Crippen LogP contribution is 2.25. The molecule has 0 aliphatic rings. The van der Waals surface area contributed by atoms with Gasteiger partial charge in [-0.2, -0.15) is 0 Å². The van der Waals surface area contributed by atoms with Crippen LogP contribution < -0.4 is 5.32 Å². The zero-order valence-electron chi connectivity index (χ0n) is 10.9. The minimum absolute atomic E-state index is 0.0955. The summed E-state index contributed by atoms with van der Waals surface area (Å²) in [5.41, 5.74) is 3.44. The molecule has 0 spiro atoms. The first kappa shape index (κ1) is 13.6. The normalized spacial score (nSPS) is 10.3. The Morgan fingerprint density at radius 3 is 2.68 bits per heavy atom. The van der Waals surface area contributed by atoms with E-state index >= 15 is 0 Å². The van der Waals surface area contributed by atoms with E-state index in [4.69, 9.17) is 11.6 Å². The number of anilines is 1. The monoisotopic (exact) mass is 274 g/mol. The van der Waals surface area contributed by atoms with Crippen molar-refractivity contribution >= 4 is 23.2 Å². The van der Waals surface area contributed by atoms with Crippen LogP contribution in [-0.4, -0.2) is 10.9 Å². The van der Waals surface area contributed by atoms with E-state index in [-0.39, 0.29) is 12.3 Å². The summed E-state index contributed by atoms with van der Waals surface area (Å²) in [7, 11) is 0. The van der Waals surface area contributed by atoms with Crippen LogP contribution in [0.15, 0.2) is 36.5 Å². The lowest BCUT2D eigenvalue weighted by Gasteiger charge is -2.10. The van der Waals surface area contributed by atoms with Crippen LogP contribution in [-0.2, 0) is 11.2 Å². The van der Waals surface area contributed by atoms with Crippen LogP contribution in [0.4, 0.5) is 5.69 Å². The number of aryl methyl sites for hydroxylation is 2. The van der Waals surface area contributed by atoms with E-state index in [9.17, 15) is 4.79 Å². The summed E-state index contributed by atoms with van der Waals surface area (Å²) in [6.45, 7) is 3.83. The molecule has 0 unspecified atom stereocenters. The summed E-state index contributed by atoms with van der Waals surface area (Å²) in [6, 6.07) is 9.33. The van der Waals surface area contributed by atoms with Crippen molar-refractivity contribution < 1.29 is 4.79 Å². The molecular formula is C15H15ClN2O. The molecule has 0 aliphatic heterocycles. The number of aromatic nitrogens is 1. The van der Waals surface area contributed by atoms with Crippen LogP contribution in [0.3, 0.4) is 0 Å². The Kier molecular flexibility index (Phi) is 4.17. The lowest BCUT2D eigenvalue weighted by molar-refractivity contribution is -0.115. The van der Waals surface area contributed by atoms with Crippen LogP contribution in [0.2, 0.25) is 5.02 Å². The second kappa shape index (κ2) is 5.85. The first-order valence-corrected chi connectivity index (χ1v) is 6.40. The van der Waals surface area contributed by atoms with Gasteiger partial charge in [0, 0.05) is 11.9 Å². The molecule has 19 heavy (non-hydrogen) atoms. The van der Waals surface area contributed by atoms with Gasteiger partial charge in [-0.25, -0.2) is 0 Å². The number of nitrogens with zero attached hydrogens (tertiary/aromatic N) is 1. The maximum absolute atomic E-state index is 12.0. The van der Waals surface area contributed by atoms with E-state index in [1.165, 1.54) is 0 Å². The molecule has 98 valence electrons. The molecule has 0 bridgehead atoms. The van der Waals surface area contributed by atoms with Gasteiger partial charge in [0.15, 0.2) is 0 Å². The molecule has 0 saturated heterocycles. The summed E-state index contributed by atoms with van der Waals surface area (Å²) in [5, 5.41) is 3.39. The van der Waals surface area contributed by atoms with Gasteiger partial charge in [-0.05, 0) is 37.1 Å². The van der Waals surface area contributed by atoms with Crippen molar-refractivity contribution in [3.8, 4) is 0 Å². The Labute approximate surface area is 117 Å². The largest absolute Gasteiger partial charge is 0.324 e. The van der Waals surface area contributed by atoms with Gasteiger partial charge in [-0.15, -0.1) is 0 Å². The summed E-state index contributed by atoms with van der Waals surface area (Å²) in [4.78, 5) is 16.1. The third kappa shape index (κ3) is 3.55. The topological polar surface area (TPSA) is 42.0 Å². The molecule has 0 fully saturated rings. The molecular weight excluding hydrogens is 260 g/mol. The fourth-order valence-electron chi connectivity index (χ4n) is 1.76. The molecule has 0 atom stereocenters. The van der Waals surface area contributed by atoms with Crippen LogP contribution in [0.25, 0.3) is 0 Å². The maximum Gasteiger partial charge on any atom is 0.228 e. The van der Waals surface area contributed by atoms with Crippen LogP contribution in [0.1, 0.15) is 16.8 Å². The number of hydrogen-bond donors (Lipinski definition) is 1. The third-order valence-corrected chi connectivity index (χ3v) is 3.14. The highest BCUT2D eigenvalue weighted by Gasteiger charge is 2.09. The Morgan fingerprint density at radius 1 is 1.26 bits per heavy atom. The van der Waals surface area contributed by atoms with Gasteiger partial charge in [-0.1, -0.05) is 29.8 Å². The molecule has 3 nitrogen and oxygen atoms in total. The van der Waals surface area contributed by atoms with E-state index in [0.717, 1.165) is 16.8 Å². The summed E-state index contributed by atoms with van der Waals surface area (Å²) < 4.78 is 0. The standard InChI is InChI=1S/C15H15ClN2O/c1-10-4-3-5-13(16)15(10)18-14(19)8-12-7-6-11(2)17-9-12/h3-7,9H,8H2,1-2H3,(H,18,19). The van der Waals surface area contributed by atoms with Gasteiger partial charge in [0.1, 0.15) is 0 Å². The summed E-state index contributed by atoms with van der Waals surface area (Å²) in [5.74, 6) is -0.0955. The minimum atomic E-state index is -0.0955. The smallest absolute Gasteiger partial charge is 0.228 e. The predicted octanol–water partition coefficient (Wildman–Crippen LogP) is 3.53. The van der Waals surface area contributed by atoms with E-state index in [0.29, 0.717) is 10.7 Å². The molecule has 0 radical (unpaired) electrons. The molecule has 1 N–H and O–H groups in total. The number of rotatable bonds is 3. The van der Waals surface area contributed by atoms with Crippen LogP contribution in [0.5, 0.6) is 0 Å². The van der Waals surface area contributed by atoms with Crippen molar-refractivity contribution in [2.75, 3.05) is 5.32 Å². The lowest BCUT2D eigenvalue weighted by atomic mass is 10.1. The van der Waals surface area contributed by atoms with Crippen molar-refractivity contribution in [2.24, 2.45) is 0 Å². The fourth-order valence-corrected chi connectivity index (χ4v) is 2.03. The number of para-hydroxylation sites is 1. The second-order valence-electron chi connectivity index (χ2n) is 4.46. The third-order valence-electron chi connectivity index (χ3n) is 2.82.